The molecule has 6 aromatic carbocycles. The first kappa shape index (κ1) is 36.0. The molecule has 3 heteroatoms. The number of rotatable bonds is 4. The van der Waals surface area contributed by atoms with Crippen molar-refractivity contribution in [3.8, 4) is 44.5 Å². The minimum absolute atomic E-state index is 0.592. The van der Waals surface area contributed by atoms with Crippen LogP contribution >= 0.6 is 0 Å². The van der Waals surface area contributed by atoms with Gasteiger partial charge in [-0.1, -0.05) is 103 Å². The predicted molar refractivity (Wildman–Crippen MR) is 267 cm³/mol. The molecule has 4 saturated carbocycles. The molecule has 4 unspecified atom stereocenters. The summed E-state index contributed by atoms with van der Waals surface area (Å²) in [5.74, 6) is 5.76. The molecular formula is C62H51N3. The SMILES string of the molecule is c1ccc(-c2cc(-c3ccccc3)c(-c3ccc4c(c3)cc3c5c6c(ncc5n5c7cnc8c(c7c4c35)C3CC4CC(CC8C4)C3)C3CC4CC(C3)CC6C4)c(-c3ccccc3)c2)cc1. The third-order valence-electron chi connectivity index (χ3n) is 18.2. The number of aromatic nitrogens is 3. The third kappa shape index (κ3) is 5.02. The molecule has 0 amide bonds. The highest BCUT2D eigenvalue weighted by molar-refractivity contribution is 6.32. The summed E-state index contributed by atoms with van der Waals surface area (Å²) >= 11 is 0. The molecule has 4 fully saturated rings. The Morgan fingerprint density at radius 3 is 1.43 bits per heavy atom. The molecule has 3 nitrogen and oxygen atoms in total. The molecule has 4 aromatic heterocycles. The zero-order chi connectivity index (χ0) is 42.1. The van der Waals surface area contributed by atoms with Crippen molar-refractivity contribution in [2.45, 2.75) is 87.9 Å². The van der Waals surface area contributed by atoms with Gasteiger partial charge in [-0.05, 0) is 190 Å². The van der Waals surface area contributed by atoms with Crippen molar-refractivity contribution < 1.29 is 0 Å². The first-order valence-electron chi connectivity index (χ1n) is 25.0. The Kier molecular flexibility index (Phi) is 7.28. The quantitative estimate of drug-likeness (QED) is 0.177. The van der Waals surface area contributed by atoms with Gasteiger partial charge in [-0.2, -0.15) is 0 Å². The second kappa shape index (κ2) is 13.2. The van der Waals surface area contributed by atoms with Crippen LogP contribution < -0.4 is 0 Å². The molecule has 314 valence electrons. The maximum atomic E-state index is 5.57. The minimum Gasteiger partial charge on any atom is -0.305 e. The van der Waals surface area contributed by atoms with Gasteiger partial charge in [-0.15, -0.1) is 0 Å². The van der Waals surface area contributed by atoms with Crippen LogP contribution in [0, 0.1) is 23.7 Å². The molecule has 65 heavy (non-hydrogen) atoms. The smallest absolute Gasteiger partial charge is 0.0728 e. The standard InChI is InChI=1S/C62H51N3/c1-4-10-38(11-5-1)42-29-49(39-12-6-2-7-13-39)54(50(30-42)40-14-8-3-9-15-40)41-16-17-48-43(28-41)31-51-57-52(32-63-60-46-24-34-18-35(25-46)21-44(20-34)55(57)60)65-53-33-64-61-47-26-36-19-37(27-47)23-45(22-36)56(61)59(53)58(48)62(51)65/h1-17,28-37,44-47H,18-27H2. The molecule has 0 aliphatic heterocycles. The zero-order valence-corrected chi connectivity index (χ0v) is 36.8. The van der Waals surface area contributed by atoms with Crippen LogP contribution in [0.25, 0.3) is 93.4 Å². The molecule has 8 aliphatic carbocycles. The van der Waals surface area contributed by atoms with E-state index in [9.17, 15) is 0 Å². The number of nitrogens with zero attached hydrogens (tertiary/aromatic N) is 3. The van der Waals surface area contributed by atoms with Crippen molar-refractivity contribution in [2.24, 2.45) is 23.7 Å². The van der Waals surface area contributed by atoms with Crippen molar-refractivity contribution in [3.05, 3.63) is 162 Å². The van der Waals surface area contributed by atoms with Crippen LogP contribution in [0.4, 0.5) is 0 Å². The third-order valence-corrected chi connectivity index (χ3v) is 18.2. The Balaban J connectivity index is 1.04. The van der Waals surface area contributed by atoms with Crippen molar-refractivity contribution in [1.29, 1.82) is 0 Å². The van der Waals surface area contributed by atoms with E-state index in [0.29, 0.717) is 23.7 Å². The van der Waals surface area contributed by atoms with Gasteiger partial charge in [0.2, 0.25) is 0 Å². The van der Waals surface area contributed by atoms with E-state index in [-0.39, 0.29) is 0 Å². The van der Waals surface area contributed by atoms with E-state index in [1.165, 1.54) is 169 Å². The predicted octanol–water partition coefficient (Wildman–Crippen LogP) is 16.2. The summed E-state index contributed by atoms with van der Waals surface area (Å²) in [7, 11) is 0. The largest absolute Gasteiger partial charge is 0.305 e. The average Bonchev–Trinajstić information content (AvgIpc) is 3.73. The highest BCUT2D eigenvalue weighted by Crippen LogP contribution is 2.61. The van der Waals surface area contributed by atoms with Gasteiger partial charge in [0.05, 0.1) is 28.9 Å². The van der Waals surface area contributed by atoms with Gasteiger partial charge in [0.15, 0.2) is 0 Å². The van der Waals surface area contributed by atoms with Gasteiger partial charge in [0.25, 0.3) is 0 Å². The average molecular weight is 838 g/mol. The molecular weight excluding hydrogens is 787 g/mol. The van der Waals surface area contributed by atoms with E-state index < -0.39 is 0 Å². The van der Waals surface area contributed by atoms with Crippen molar-refractivity contribution >= 4 is 48.9 Å². The number of hydrogen-bond donors (Lipinski definition) is 0. The Bertz CT molecular complexity index is 3520. The first-order chi connectivity index (χ1) is 32.2. The van der Waals surface area contributed by atoms with E-state index in [4.69, 9.17) is 9.97 Å². The fraction of sp³-hybridized carbons (Fsp3) is 0.290. The van der Waals surface area contributed by atoms with E-state index in [2.05, 4.69) is 144 Å². The summed E-state index contributed by atoms with van der Waals surface area (Å²) in [6, 6.07) is 48.2. The summed E-state index contributed by atoms with van der Waals surface area (Å²) in [6.45, 7) is 0. The van der Waals surface area contributed by atoms with Crippen LogP contribution in [0.15, 0.2) is 140 Å². The molecule has 8 aliphatic rings. The molecule has 0 saturated heterocycles. The molecule has 0 spiro atoms. The van der Waals surface area contributed by atoms with Crippen LogP contribution in [-0.2, 0) is 0 Å². The molecule has 4 atom stereocenters. The number of benzene rings is 6. The lowest BCUT2D eigenvalue weighted by molar-refractivity contribution is 0.165. The summed E-state index contributed by atoms with van der Waals surface area (Å²) < 4.78 is 2.66. The first-order valence-corrected chi connectivity index (χ1v) is 25.0. The van der Waals surface area contributed by atoms with E-state index in [1.54, 1.807) is 11.1 Å². The van der Waals surface area contributed by atoms with Crippen LogP contribution in [0.3, 0.4) is 0 Å². The molecule has 4 heterocycles. The maximum Gasteiger partial charge on any atom is 0.0728 e. The van der Waals surface area contributed by atoms with Gasteiger partial charge in [-0.25, -0.2) is 0 Å². The molecule has 10 aromatic rings. The Morgan fingerprint density at radius 1 is 0.385 bits per heavy atom. The monoisotopic (exact) mass is 837 g/mol. The van der Waals surface area contributed by atoms with Crippen LogP contribution in [0.2, 0.25) is 0 Å². The van der Waals surface area contributed by atoms with Gasteiger partial charge < -0.3 is 4.40 Å². The van der Waals surface area contributed by atoms with Crippen LogP contribution in [0.5, 0.6) is 0 Å². The molecule has 18 rings (SSSR count). The lowest BCUT2D eigenvalue weighted by atomic mass is 9.67. The lowest BCUT2D eigenvalue weighted by Crippen LogP contribution is -2.25. The Labute approximate surface area is 379 Å². The Morgan fingerprint density at radius 2 is 0.877 bits per heavy atom. The van der Waals surface area contributed by atoms with E-state index >= 15 is 0 Å². The fourth-order valence-corrected chi connectivity index (χ4v) is 16.1. The Hall–Kier alpha value is -6.32. The normalized spacial score (nSPS) is 26.2. The highest BCUT2D eigenvalue weighted by atomic mass is 14.9. The molecule has 0 N–H and O–H groups in total. The van der Waals surface area contributed by atoms with Crippen molar-refractivity contribution in [3.63, 3.8) is 0 Å². The van der Waals surface area contributed by atoms with Crippen LogP contribution in [0.1, 0.15) is 110 Å². The van der Waals surface area contributed by atoms with Crippen molar-refractivity contribution in [1.82, 2.24) is 14.4 Å². The summed E-state index contributed by atoms with van der Waals surface area (Å²) in [5.41, 5.74) is 20.2. The summed E-state index contributed by atoms with van der Waals surface area (Å²) in [4.78, 5) is 11.1. The van der Waals surface area contributed by atoms with Gasteiger partial charge in [-0.3, -0.25) is 9.97 Å². The molecule has 0 radical (unpaired) electrons. The number of hydrogen-bond acceptors (Lipinski definition) is 2. The lowest BCUT2D eigenvalue weighted by Gasteiger charge is -2.38. The van der Waals surface area contributed by atoms with E-state index in [1.807, 2.05) is 0 Å². The summed E-state index contributed by atoms with van der Waals surface area (Å²) in [6.07, 6.45) is 18.1. The van der Waals surface area contributed by atoms with Gasteiger partial charge >= 0.3 is 0 Å². The zero-order valence-electron chi connectivity index (χ0n) is 36.8. The topological polar surface area (TPSA) is 30.2 Å². The van der Waals surface area contributed by atoms with Crippen molar-refractivity contribution in [2.75, 3.05) is 0 Å². The maximum absolute atomic E-state index is 5.57. The van der Waals surface area contributed by atoms with Gasteiger partial charge in [0.1, 0.15) is 0 Å². The van der Waals surface area contributed by atoms with Gasteiger partial charge in [0, 0.05) is 44.8 Å². The highest BCUT2D eigenvalue weighted by Gasteiger charge is 2.46. The minimum atomic E-state index is 0.592. The number of pyridine rings is 2. The second-order valence-corrected chi connectivity index (χ2v) is 21.7. The second-order valence-electron chi connectivity index (χ2n) is 21.7. The van der Waals surface area contributed by atoms with E-state index in [0.717, 1.165) is 23.7 Å². The molecule has 8 bridgehead atoms. The summed E-state index contributed by atoms with van der Waals surface area (Å²) in [5, 5.41) is 8.63. The fourth-order valence-electron chi connectivity index (χ4n) is 16.1. The number of fused-ring (bicyclic) bond motifs is 8. The van der Waals surface area contributed by atoms with Crippen LogP contribution in [-0.4, -0.2) is 14.4 Å².